The first-order valence-corrected chi connectivity index (χ1v) is 37.6. The molecule has 0 aromatic rings. The van der Waals surface area contributed by atoms with Gasteiger partial charge in [-0.3, -0.25) is 8.98 Å². The number of ether oxygens (including phenoxy) is 10. The number of hydrogen-bond acceptors (Lipinski definition) is 17. The van der Waals surface area contributed by atoms with Crippen molar-refractivity contribution in [2.45, 2.75) is 281 Å². The lowest BCUT2D eigenvalue weighted by molar-refractivity contribution is -0.352. The summed E-state index contributed by atoms with van der Waals surface area (Å²) in [5, 5.41) is 13.2. The molecular weight excluding hydrogens is 1090 g/mol. The van der Waals surface area contributed by atoms with E-state index in [1.54, 1.807) is 20.3 Å². The zero-order valence-corrected chi connectivity index (χ0v) is 55.7. The Kier molecular flexibility index (Phi) is 21.1. The smallest absolute Gasteiger partial charge is 0.316 e. The van der Waals surface area contributed by atoms with E-state index in [1.807, 2.05) is 52.8 Å². The summed E-state index contributed by atoms with van der Waals surface area (Å²) in [7, 11) is -5.08. The highest BCUT2D eigenvalue weighted by Gasteiger charge is 2.62. The Morgan fingerprint density at radius 1 is 0.790 bits per heavy atom. The van der Waals surface area contributed by atoms with Crippen LogP contribution in [0, 0.1) is 23.7 Å². The predicted molar refractivity (Wildman–Crippen MR) is 315 cm³/mol. The van der Waals surface area contributed by atoms with Crippen LogP contribution >= 0.6 is 0 Å². The van der Waals surface area contributed by atoms with Gasteiger partial charge in [0.2, 0.25) is 0 Å². The maximum absolute atomic E-state index is 15.1. The Labute approximate surface area is 488 Å². The molecule has 7 aliphatic rings. The molecular formula is C61H104O17SSi2. The lowest BCUT2D eigenvalue weighted by atomic mass is 9.71. The molecule has 21 atom stereocenters. The van der Waals surface area contributed by atoms with E-state index in [0.29, 0.717) is 31.3 Å². The Morgan fingerprint density at radius 2 is 1.38 bits per heavy atom. The van der Waals surface area contributed by atoms with Gasteiger partial charge in [0.25, 0.3) is 10.1 Å². The molecule has 5 fully saturated rings. The Balaban J connectivity index is 1.22. The normalized spacial score (nSPS) is 42.6. The number of carbonyl (C=O) groups is 1. The maximum atomic E-state index is 15.1. The number of esters is 1. The summed E-state index contributed by atoms with van der Waals surface area (Å²) in [4.78, 5) is 15.1. The largest absolute Gasteiger partial charge is 0.462 e. The van der Waals surface area contributed by atoms with E-state index in [0.717, 1.165) is 23.8 Å². The third-order valence-electron chi connectivity index (χ3n) is 19.7. The maximum Gasteiger partial charge on any atom is 0.316 e. The first-order valence-electron chi connectivity index (χ1n) is 30.0. The molecule has 6 heterocycles. The van der Waals surface area contributed by atoms with Crippen LogP contribution in [-0.4, -0.2) is 167 Å². The molecule has 0 aromatic heterocycles. The molecule has 0 amide bonds. The summed E-state index contributed by atoms with van der Waals surface area (Å²) in [5.74, 6) is -3.66. The van der Waals surface area contributed by atoms with Gasteiger partial charge in [-0.2, -0.15) is 8.42 Å². The number of rotatable bonds is 14. The van der Waals surface area contributed by atoms with Gasteiger partial charge in [-0.15, -0.1) is 0 Å². The molecule has 20 heteroatoms. The van der Waals surface area contributed by atoms with Crippen molar-refractivity contribution in [3.05, 3.63) is 47.1 Å². The minimum atomic E-state index is -3.88. The van der Waals surface area contributed by atoms with Crippen molar-refractivity contribution in [1.82, 2.24) is 0 Å². The highest BCUT2D eigenvalue weighted by Crippen LogP contribution is 2.51. The summed E-state index contributed by atoms with van der Waals surface area (Å²) in [6, 6.07) is 0. The number of methoxy groups -OCH3 is 2. The first-order chi connectivity index (χ1) is 37.5. The van der Waals surface area contributed by atoms with Crippen LogP contribution in [0.5, 0.6) is 0 Å². The molecule has 0 aromatic carbocycles. The van der Waals surface area contributed by atoms with Crippen molar-refractivity contribution >= 4 is 32.7 Å². The standard InChI is InChI=1S/C61H104O17SSi2/c1-22-35(2)52-39(6)48(76-79(17,64)65)33-60(75-52)32-44-29-43(74-60)27-26-37(4)51(36(3)24-23-25-42-34-68-56-53(77-80(18,19)58(9,10)11)38(5)28-45(57(62)71-44)61(42,56)63)72-49-30-46(66-15)54(40(7)69-49)73-50-31-47(67-16)55(41(8)70-50)78-81(20,21)59(12,13)14/h23-26,28,35-36,39-41,43-56,63H,22,27,29-34H2,1-21H3/b24-23+,37-26+,42-25+/t35-,36-,39-,40-,41-,43+,44-,45-,46-,47-,48-,49-,50-,51-,52+,53+,54-,55-,56+,60-,61+/m0/s1. The van der Waals surface area contributed by atoms with Gasteiger partial charge >= 0.3 is 5.97 Å². The quantitative estimate of drug-likeness (QED) is 0.0747. The topological polar surface area (TPSA) is 191 Å². The van der Waals surface area contributed by atoms with Crippen LogP contribution in [0.4, 0.5) is 0 Å². The third kappa shape index (κ3) is 14.8. The van der Waals surface area contributed by atoms with Gasteiger partial charge in [0, 0.05) is 58.2 Å². The lowest BCUT2D eigenvalue weighted by Crippen LogP contribution is -2.61. The molecule has 0 unspecified atom stereocenters. The second-order valence-electron chi connectivity index (χ2n) is 27.9. The highest BCUT2D eigenvalue weighted by atomic mass is 32.2. The van der Waals surface area contributed by atoms with Crippen molar-refractivity contribution < 1.29 is 78.7 Å². The Bertz CT molecular complexity index is 2410. The van der Waals surface area contributed by atoms with Crippen molar-refractivity contribution in [2.75, 3.05) is 27.1 Å². The summed E-state index contributed by atoms with van der Waals surface area (Å²) in [6.07, 6.45) is 5.32. The van der Waals surface area contributed by atoms with Crippen LogP contribution < -0.4 is 0 Å². The van der Waals surface area contributed by atoms with Crippen molar-refractivity contribution in [3.8, 4) is 0 Å². The van der Waals surface area contributed by atoms with E-state index < -0.39 is 124 Å². The molecule has 81 heavy (non-hydrogen) atoms. The molecule has 17 nitrogen and oxygen atoms in total. The van der Waals surface area contributed by atoms with Gasteiger partial charge in [0.1, 0.15) is 29.8 Å². The fourth-order valence-corrected chi connectivity index (χ4v) is 16.0. The number of allylic oxidation sites excluding steroid dienone is 2. The van der Waals surface area contributed by atoms with Crippen molar-refractivity contribution in [1.29, 1.82) is 0 Å². The van der Waals surface area contributed by atoms with Crippen LogP contribution in [-0.2, 0) is 75.3 Å². The van der Waals surface area contributed by atoms with Gasteiger partial charge in [-0.1, -0.05) is 106 Å². The SMILES string of the molecule is CC[C@H](C)[C@H]1O[C@@]2(C[C@@H]3C[C@@H](C/C=C(\C)[C@@H](O[C@H]4C[C@H](OC)[C@@H](O[C@H]5C[C@H](OC)[C@@H](O[Si](C)(C)C(C)(C)C)[C@H](C)O5)[C@H](C)O4)[C@@H](C)/C=C/C=C4\CO[C@@H]5[C@H](O[Si](C)(C)C(C)(C)C)C(C)=C[C@@H](C(=O)O3)[C@]45O)O2)C[C@H](OS(C)(=O)=O)[C@@H]1C. The Hall–Kier alpha value is -1.71. The molecule has 0 radical (unpaired) electrons. The molecule has 6 aliphatic heterocycles. The average molecular weight is 1200 g/mol. The summed E-state index contributed by atoms with van der Waals surface area (Å²) in [6.45, 7) is 38.2. The molecule has 7 rings (SSSR count). The summed E-state index contributed by atoms with van der Waals surface area (Å²) in [5.41, 5.74) is 0.383. The first kappa shape index (κ1) is 66.8. The van der Waals surface area contributed by atoms with Gasteiger partial charge < -0.3 is 61.3 Å². The monoisotopic (exact) mass is 1200 g/mol. The molecule has 0 saturated carbocycles. The van der Waals surface area contributed by atoms with E-state index in [2.05, 4.69) is 94.6 Å². The third-order valence-corrected chi connectivity index (χ3v) is 29.2. The molecule has 1 spiro atoms. The van der Waals surface area contributed by atoms with Crippen molar-refractivity contribution in [3.63, 3.8) is 0 Å². The van der Waals surface area contributed by atoms with E-state index in [4.69, 9.17) is 60.4 Å². The second-order valence-corrected chi connectivity index (χ2v) is 39.1. The van der Waals surface area contributed by atoms with Gasteiger partial charge in [-0.05, 0) is 93.0 Å². The number of aliphatic hydroxyl groups is 1. The van der Waals surface area contributed by atoms with Gasteiger partial charge in [0.05, 0.1) is 73.9 Å². The molecule has 2 bridgehead atoms. The molecule has 1 aliphatic carbocycles. The zero-order valence-electron chi connectivity index (χ0n) is 52.9. The fourth-order valence-electron chi connectivity index (χ4n) is 12.6. The van der Waals surface area contributed by atoms with Crippen molar-refractivity contribution in [2.24, 2.45) is 23.7 Å². The van der Waals surface area contributed by atoms with E-state index >= 15 is 4.79 Å². The molecule has 5 saturated heterocycles. The van der Waals surface area contributed by atoms with Gasteiger partial charge in [-0.25, -0.2) is 0 Å². The summed E-state index contributed by atoms with van der Waals surface area (Å²) >= 11 is 0. The average Bonchev–Trinajstić information content (AvgIpc) is 3.70. The van der Waals surface area contributed by atoms with E-state index in [1.165, 1.54) is 0 Å². The van der Waals surface area contributed by atoms with Crippen LogP contribution in [0.3, 0.4) is 0 Å². The minimum absolute atomic E-state index is 0.0142. The molecule has 464 valence electrons. The van der Waals surface area contributed by atoms with Gasteiger partial charge in [0.15, 0.2) is 35.0 Å². The predicted octanol–water partition coefficient (Wildman–Crippen LogP) is 10.6. The number of hydrogen-bond donors (Lipinski definition) is 1. The van der Waals surface area contributed by atoms with Crippen LogP contribution in [0.1, 0.15) is 142 Å². The molecule has 1 N–H and O–H groups in total. The summed E-state index contributed by atoms with van der Waals surface area (Å²) < 4.78 is 112. The number of fused-ring (bicyclic) bond motifs is 2. The van der Waals surface area contributed by atoms with Crippen LogP contribution in [0.2, 0.25) is 36.3 Å². The zero-order chi connectivity index (χ0) is 60.2. The minimum Gasteiger partial charge on any atom is -0.462 e. The van der Waals surface area contributed by atoms with E-state index in [9.17, 15) is 13.5 Å². The fraction of sp³-hybridized carbons (Fsp3) is 0.852. The van der Waals surface area contributed by atoms with Crippen LogP contribution in [0.15, 0.2) is 47.1 Å². The second kappa shape index (κ2) is 25.6. The highest BCUT2D eigenvalue weighted by molar-refractivity contribution is 7.86. The lowest BCUT2D eigenvalue weighted by Gasteiger charge is -2.53. The number of carbonyl (C=O) groups excluding carboxylic acids is 1. The van der Waals surface area contributed by atoms with E-state index in [-0.39, 0.29) is 65.6 Å². The Morgan fingerprint density at radius 3 is 1.98 bits per heavy atom. The van der Waals surface area contributed by atoms with Crippen LogP contribution in [0.25, 0.3) is 0 Å².